The van der Waals surface area contributed by atoms with Gasteiger partial charge in [-0.25, -0.2) is 0 Å². The first-order chi connectivity index (χ1) is 4.83. The molecule has 1 N–H and O–H groups in total. The van der Waals surface area contributed by atoms with Crippen LogP contribution in [0.4, 0.5) is 0 Å². The van der Waals surface area contributed by atoms with Crippen LogP contribution in [0.1, 0.15) is 25.7 Å². The van der Waals surface area contributed by atoms with Crippen molar-refractivity contribution >= 4 is 5.78 Å². The highest BCUT2D eigenvalue weighted by Crippen LogP contribution is 2.41. The molecule has 1 aliphatic carbocycles. The third-order valence-corrected chi connectivity index (χ3v) is 2.89. The fourth-order valence-corrected chi connectivity index (χ4v) is 2.00. The zero-order valence-electron chi connectivity index (χ0n) is 6.15. The van der Waals surface area contributed by atoms with Crippen LogP contribution in [0.3, 0.4) is 0 Å². The van der Waals surface area contributed by atoms with Crippen molar-refractivity contribution in [1.29, 1.82) is 0 Å². The van der Waals surface area contributed by atoms with Gasteiger partial charge < -0.3 is 5.32 Å². The Bertz CT molecular complexity index is 159. The molecule has 0 amide bonds. The molecule has 0 aromatic rings. The second-order valence-electron chi connectivity index (χ2n) is 3.48. The molecule has 56 valence electrons. The molecular weight excluding hydrogens is 126 g/mol. The van der Waals surface area contributed by atoms with Crippen molar-refractivity contribution in [2.24, 2.45) is 5.41 Å². The molecule has 1 aliphatic heterocycles. The number of nitrogens with one attached hydrogen (secondary N) is 1. The van der Waals surface area contributed by atoms with Crippen molar-refractivity contribution in [3.05, 3.63) is 0 Å². The summed E-state index contributed by atoms with van der Waals surface area (Å²) in [5, 5.41) is 3.29. The molecule has 1 unspecified atom stereocenters. The first-order valence-electron chi connectivity index (χ1n) is 4.08. The van der Waals surface area contributed by atoms with Gasteiger partial charge in [0.2, 0.25) is 0 Å². The second kappa shape index (κ2) is 2.06. The Labute approximate surface area is 61.0 Å². The molecule has 2 heteroatoms. The van der Waals surface area contributed by atoms with Crippen LogP contribution in [0.25, 0.3) is 0 Å². The molecule has 0 radical (unpaired) electrons. The summed E-state index contributed by atoms with van der Waals surface area (Å²) in [6.07, 6.45) is 4.30. The molecule has 0 aromatic carbocycles. The minimum atomic E-state index is 0.109. The third-order valence-electron chi connectivity index (χ3n) is 2.89. The van der Waals surface area contributed by atoms with E-state index < -0.39 is 0 Å². The van der Waals surface area contributed by atoms with E-state index in [1.165, 1.54) is 6.42 Å². The number of carbonyl (C=O) groups is 1. The first kappa shape index (κ1) is 6.35. The number of Topliss-reactive ketones (excluding diaryl/α,β-unsaturated/α-hetero) is 1. The van der Waals surface area contributed by atoms with E-state index in [2.05, 4.69) is 5.32 Å². The predicted molar refractivity (Wildman–Crippen MR) is 38.8 cm³/mol. The van der Waals surface area contributed by atoms with Gasteiger partial charge in [-0.15, -0.1) is 0 Å². The Morgan fingerprint density at radius 1 is 1.40 bits per heavy atom. The zero-order chi connectivity index (χ0) is 7.03. The van der Waals surface area contributed by atoms with E-state index in [0.717, 1.165) is 32.4 Å². The van der Waals surface area contributed by atoms with Crippen molar-refractivity contribution in [3.8, 4) is 0 Å². The Morgan fingerprint density at radius 2 is 2.30 bits per heavy atom. The SMILES string of the molecule is O=C1CCC12CCCNC2. The summed E-state index contributed by atoms with van der Waals surface area (Å²) in [7, 11) is 0. The molecule has 0 bridgehead atoms. The van der Waals surface area contributed by atoms with Gasteiger partial charge in [-0.2, -0.15) is 0 Å². The normalized spacial score (nSPS) is 39.8. The van der Waals surface area contributed by atoms with Gasteiger partial charge in [-0.1, -0.05) is 0 Å². The lowest BCUT2D eigenvalue weighted by Crippen LogP contribution is -2.51. The van der Waals surface area contributed by atoms with Crippen LogP contribution in [0.15, 0.2) is 0 Å². The lowest BCUT2D eigenvalue weighted by atomic mass is 9.64. The lowest BCUT2D eigenvalue weighted by Gasteiger charge is -2.43. The van der Waals surface area contributed by atoms with Crippen LogP contribution in [-0.4, -0.2) is 18.9 Å². The number of hydrogen-bond acceptors (Lipinski definition) is 2. The number of carbonyl (C=O) groups excluding carboxylic acids is 1. The lowest BCUT2D eigenvalue weighted by molar-refractivity contribution is -0.139. The Morgan fingerprint density at radius 3 is 2.60 bits per heavy atom. The Kier molecular flexibility index (Phi) is 1.31. The highest BCUT2D eigenvalue weighted by atomic mass is 16.1. The number of ketones is 1. The maximum atomic E-state index is 11.2. The minimum Gasteiger partial charge on any atom is -0.316 e. The van der Waals surface area contributed by atoms with Crippen LogP contribution in [0, 0.1) is 5.41 Å². The van der Waals surface area contributed by atoms with Crippen molar-refractivity contribution in [3.63, 3.8) is 0 Å². The van der Waals surface area contributed by atoms with Gasteiger partial charge in [-0.3, -0.25) is 4.79 Å². The van der Waals surface area contributed by atoms with Crippen molar-refractivity contribution in [2.75, 3.05) is 13.1 Å². The Hall–Kier alpha value is -0.370. The molecule has 0 aromatic heterocycles. The van der Waals surface area contributed by atoms with Crippen molar-refractivity contribution in [1.82, 2.24) is 5.32 Å². The molecule has 1 atom stereocenters. The van der Waals surface area contributed by atoms with E-state index in [1.54, 1.807) is 0 Å². The largest absolute Gasteiger partial charge is 0.316 e. The fourth-order valence-electron chi connectivity index (χ4n) is 2.00. The van der Waals surface area contributed by atoms with Gasteiger partial charge in [0, 0.05) is 18.4 Å². The van der Waals surface area contributed by atoms with E-state index in [9.17, 15) is 4.79 Å². The van der Waals surface area contributed by atoms with Crippen LogP contribution in [-0.2, 0) is 4.79 Å². The third kappa shape index (κ3) is 0.717. The molecule has 2 rings (SSSR count). The maximum absolute atomic E-state index is 11.2. The van der Waals surface area contributed by atoms with Crippen LogP contribution in [0.2, 0.25) is 0 Å². The number of hydrogen-bond donors (Lipinski definition) is 1. The summed E-state index contributed by atoms with van der Waals surface area (Å²) in [6.45, 7) is 2.06. The molecule has 2 nitrogen and oxygen atoms in total. The first-order valence-corrected chi connectivity index (χ1v) is 4.08. The molecular formula is C8H13NO. The summed E-state index contributed by atoms with van der Waals surface area (Å²) in [4.78, 5) is 11.2. The molecule has 2 fully saturated rings. The second-order valence-corrected chi connectivity index (χ2v) is 3.48. The van der Waals surface area contributed by atoms with E-state index in [-0.39, 0.29) is 5.41 Å². The summed E-state index contributed by atoms with van der Waals surface area (Å²) >= 11 is 0. The minimum absolute atomic E-state index is 0.109. The number of rotatable bonds is 0. The quantitative estimate of drug-likeness (QED) is 0.535. The zero-order valence-corrected chi connectivity index (χ0v) is 6.15. The van der Waals surface area contributed by atoms with Gasteiger partial charge in [-0.05, 0) is 25.8 Å². The molecule has 1 spiro atoms. The monoisotopic (exact) mass is 139 g/mol. The van der Waals surface area contributed by atoms with Gasteiger partial charge in [0.25, 0.3) is 0 Å². The van der Waals surface area contributed by atoms with Gasteiger partial charge in [0.05, 0.1) is 0 Å². The highest BCUT2D eigenvalue weighted by Gasteiger charge is 2.45. The van der Waals surface area contributed by atoms with E-state index >= 15 is 0 Å². The summed E-state index contributed by atoms with van der Waals surface area (Å²) in [6, 6.07) is 0. The molecule has 10 heavy (non-hydrogen) atoms. The van der Waals surface area contributed by atoms with Gasteiger partial charge >= 0.3 is 0 Å². The number of piperidine rings is 1. The van der Waals surface area contributed by atoms with Crippen molar-refractivity contribution in [2.45, 2.75) is 25.7 Å². The van der Waals surface area contributed by atoms with Crippen LogP contribution in [0.5, 0.6) is 0 Å². The summed E-state index contributed by atoms with van der Waals surface area (Å²) < 4.78 is 0. The average Bonchev–Trinajstić information content (AvgIpc) is 2.04. The standard InChI is InChI=1S/C8H13NO/c10-7-2-4-8(7)3-1-5-9-6-8/h9H,1-6H2. The van der Waals surface area contributed by atoms with E-state index in [4.69, 9.17) is 0 Å². The van der Waals surface area contributed by atoms with Crippen LogP contribution < -0.4 is 5.32 Å². The van der Waals surface area contributed by atoms with E-state index in [0.29, 0.717) is 5.78 Å². The summed E-state index contributed by atoms with van der Waals surface area (Å²) in [5.74, 6) is 0.500. The smallest absolute Gasteiger partial charge is 0.140 e. The topological polar surface area (TPSA) is 29.1 Å². The van der Waals surface area contributed by atoms with Gasteiger partial charge in [0.1, 0.15) is 5.78 Å². The fraction of sp³-hybridized carbons (Fsp3) is 0.875. The maximum Gasteiger partial charge on any atom is 0.140 e. The molecule has 1 heterocycles. The van der Waals surface area contributed by atoms with Crippen molar-refractivity contribution < 1.29 is 4.79 Å². The summed E-state index contributed by atoms with van der Waals surface area (Å²) in [5.41, 5.74) is 0.109. The molecule has 1 saturated carbocycles. The van der Waals surface area contributed by atoms with Gasteiger partial charge in [0.15, 0.2) is 0 Å². The molecule has 1 saturated heterocycles. The predicted octanol–water partition coefficient (Wildman–Crippen LogP) is 0.719. The van der Waals surface area contributed by atoms with Crippen LogP contribution >= 0.6 is 0 Å². The highest BCUT2D eigenvalue weighted by molar-refractivity contribution is 5.90. The molecule has 2 aliphatic rings. The van der Waals surface area contributed by atoms with E-state index in [1.807, 2.05) is 0 Å². The Balaban J connectivity index is 2.06. The average molecular weight is 139 g/mol.